The Morgan fingerprint density at radius 3 is 2.04 bits per heavy atom. The maximum atomic E-state index is 13.4. The number of aryl methyl sites for hydroxylation is 2. The minimum Gasteiger partial charge on any atom is -0.237 e. The fraction of sp³-hybridized carbons (Fsp3) is 0.833. The SMILES string of the molecule is CCCCn1c[n+](CCC(F)(F)C(F)(F)C(F)(F)C(F)(F)F)cn1. The molecule has 1 aromatic rings. The second-order valence-electron chi connectivity index (χ2n) is 5.20. The highest BCUT2D eigenvalue weighted by atomic mass is 19.4. The highest BCUT2D eigenvalue weighted by Gasteiger charge is 2.81. The maximum Gasteiger partial charge on any atom is 0.460 e. The molecule has 0 radical (unpaired) electrons. The van der Waals surface area contributed by atoms with Crippen molar-refractivity contribution in [1.82, 2.24) is 9.78 Å². The number of hydrogen-bond donors (Lipinski definition) is 0. The molecule has 0 aliphatic heterocycles. The smallest absolute Gasteiger partial charge is 0.237 e. The van der Waals surface area contributed by atoms with Crippen molar-refractivity contribution >= 4 is 0 Å². The third kappa shape index (κ3) is 3.94. The molecule has 0 spiro atoms. The van der Waals surface area contributed by atoms with Crippen molar-refractivity contribution in [3.05, 3.63) is 12.7 Å². The first kappa shape index (κ1) is 20.6. The molecule has 140 valence electrons. The monoisotopic (exact) mass is 372 g/mol. The highest BCUT2D eigenvalue weighted by molar-refractivity contribution is 4.99. The molecular weight excluding hydrogens is 357 g/mol. The Morgan fingerprint density at radius 1 is 0.958 bits per heavy atom. The lowest BCUT2D eigenvalue weighted by atomic mass is 10.0. The fourth-order valence-corrected chi connectivity index (χ4v) is 1.75. The Morgan fingerprint density at radius 2 is 1.54 bits per heavy atom. The first-order valence-electron chi connectivity index (χ1n) is 6.88. The Hall–Kier alpha value is -1.49. The van der Waals surface area contributed by atoms with E-state index in [1.54, 1.807) is 0 Å². The van der Waals surface area contributed by atoms with Gasteiger partial charge in [-0.2, -0.15) is 39.5 Å². The standard InChI is InChI=1S/C12H15F9N3/c1-2-3-5-24-8-23(7-22-24)6-4-9(13,14)10(15,16)11(17,18)12(19,20)21/h7-8H,2-6H2,1H3/q+1. The average molecular weight is 372 g/mol. The first-order chi connectivity index (χ1) is 10.8. The largest absolute Gasteiger partial charge is 0.460 e. The highest BCUT2D eigenvalue weighted by Crippen LogP contribution is 2.53. The van der Waals surface area contributed by atoms with Gasteiger partial charge in [0.05, 0.1) is 6.54 Å². The van der Waals surface area contributed by atoms with E-state index < -0.39 is 36.9 Å². The second kappa shape index (κ2) is 6.79. The van der Waals surface area contributed by atoms with Gasteiger partial charge in [0.25, 0.3) is 6.33 Å². The third-order valence-electron chi connectivity index (χ3n) is 3.26. The van der Waals surface area contributed by atoms with E-state index in [9.17, 15) is 39.5 Å². The van der Waals surface area contributed by atoms with E-state index in [1.807, 2.05) is 6.92 Å². The first-order valence-corrected chi connectivity index (χ1v) is 6.88. The molecule has 0 unspecified atom stereocenters. The predicted molar refractivity (Wildman–Crippen MR) is 62.8 cm³/mol. The molecule has 0 aliphatic carbocycles. The molecule has 3 nitrogen and oxygen atoms in total. The summed E-state index contributed by atoms with van der Waals surface area (Å²) >= 11 is 0. The van der Waals surface area contributed by atoms with Crippen LogP contribution in [0.25, 0.3) is 0 Å². The van der Waals surface area contributed by atoms with Crippen molar-refractivity contribution in [2.45, 2.75) is 63.2 Å². The van der Waals surface area contributed by atoms with Crippen molar-refractivity contribution in [2.24, 2.45) is 0 Å². The molecule has 0 aliphatic rings. The number of alkyl halides is 9. The zero-order valence-electron chi connectivity index (χ0n) is 12.4. The van der Waals surface area contributed by atoms with Crippen molar-refractivity contribution in [3.63, 3.8) is 0 Å². The number of halogens is 9. The van der Waals surface area contributed by atoms with Gasteiger partial charge in [-0.15, -0.1) is 4.68 Å². The van der Waals surface area contributed by atoms with E-state index in [-0.39, 0.29) is 0 Å². The van der Waals surface area contributed by atoms with Crippen LogP contribution in [0.4, 0.5) is 39.5 Å². The van der Waals surface area contributed by atoms with Crippen LogP contribution in [-0.2, 0) is 13.1 Å². The van der Waals surface area contributed by atoms with Crippen molar-refractivity contribution in [2.75, 3.05) is 0 Å². The van der Waals surface area contributed by atoms with Crippen LogP contribution in [0.2, 0.25) is 0 Å². The van der Waals surface area contributed by atoms with Crippen molar-refractivity contribution in [1.29, 1.82) is 0 Å². The maximum absolute atomic E-state index is 13.4. The number of hydrogen-bond acceptors (Lipinski definition) is 1. The molecule has 0 bridgehead atoms. The van der Waals surface area contributed by atoms with E-state index >= 15 is 0 Å². The summed E-state index contributed by atoms with van der Waals surface area (Å²) < 4.78 is 116. The summed E-state index contributed by atoms with van der Waals surface area (Å²) in [7, 11) is 0. The van der Waals surface area contributed by atoms with E-state index in [0.29, 0.717) is 13.0 Å². The Labute approximate surface area is 131 Å². The quantitative estimate of drug-likeness (QED) is 0.502. The van der Waals surface area contributed by atoms with Gasteiger partial charge in [0.1, 0.15) is 6.54 Å². The average Bonchev–Trinajstić information content (AvgIpc) is 2.89. The van der Waals surface area contributed by atoms with Crippen LogP contribution in [0.3, 0.4) is 0 Å². The lowest BCUT2D eigenvalue weighted by Crippen LogP contribution is -2.61. The number of unbranched alkanes of at least 4 members (excludes halogenated alkanes) is 1. The van der Waals surface area contributed by atoms with Gasteiger partial charge >= 0.3 is 23.9 Å². The Balaban J connectivity index is 2.83. The zero-order chi connectivity index (χ0) is 18.8. The molecule has 1 aromatic heterocycles. The van der Waals surface area contributed by atoms with Crippen LogP contribution in [-0.4, -0.2) is 33.7 Å². The third-order valence-corrected chi connectivity index (χ3v) is 3.26. The fourth-order valence-electron chi connectivity index (χ4n) is 1.75. The van der Waals surface area contributed by atoms with E-state index in [0.717, 1.165) is 17.3 Å². The van der Waals surface area contributed by atoms with Gasteiger partial charge in [-0.1, -0.05) is 13.3 Å². The normalized spacial score (nSPS) is 14.2. The molecule has 12 heteroatoms. The van der Waals surface area contributed by atoms with Crippen LogP contribution < -0.4 is 4.57 Å². The Kier molecular flexibility index (Phi) is 5.81. The van der Waals surface area contributed by atoms with Gasteiger partial charge in [-0.25, -0.2) is 4.57 Å². The zero-order valence-corrected chi connectivity index (χ0v) is 12.4. The van der Waals surface area contributed by atoms with Crippen LogP contribution >= 0.6 is 0 Å². The van der Waals surface area contributed by atoms with Crippen molar-refractivity contribution < 1.29 is 44.1 Å². The summed E-state index contributed by atoms with van der Waals surface area (Å²) in [6.07, 6.45) is -5.03. The molecule has 0 fully saturated rings. The lowest BCUT2D eigenvalue weighted by Gasteiger charge is -2.33. The second-order valence-corrected chi connectivity index (χ2v) is 5.20. The molecule has 0 amide bonds. The molecule has 0 aromatic carbocycles. The number of rotatable bonds is 8. The van der Waals surface area contributed by atoms with Gasteiger partial charge in [0.2, 0.25) is 6.33 Å². The topological polar surface area (TPSA) is 21.7 Å². The van der Waals surface area contributed by atoms with Crippen molar-refractivity contribution in [3.8, 4) is 0 Å². The summed E-state index contributed by atoms with van der Waals surface area (Å²) in [6.45, 7) is 1.39. The molecule has 1 rings (SSSR count). The molecule has 1 heterocycles. The van der Waals surface area contributed by atoms with Crippen LogP contribution in [0, 0.1) is 0 Å². The van der Waals surface area contributed by atoms with Gasteiger partial charge < -0.3 is 0 Å². The number of nitrogens with zero attached hydrogens (tertiary/aromatic N) is 3. The molecule has 24 heavy (non-hydrogen) atoms. The van der Waals surface area contributed by atoms with E-state index in [1.165, 1.54) is 11.0 Å². The summed E-state index contributed by atoms with van der Waals surface area (Å²) in [4.78, 5) is 0. The molecule has 0 N–H and O–H groups in total. The minimum atomic E-state index is -6.85. The van der Waals surface area contributed by atoms with Crippen LogP contribution in [0.5, 0.6) is 0 Å². The predicted octanol–water partition coefficient (Wildman–Crippen LogP) is 3.83. The van der Waals surface area contributed by atoms with Gasteiger partial charge in [0, 0.05) is 11.5 Å². The number of aromatic nitrogens is 3. The van der Waals surface area contributed by atoms with E-state index in [4.69, 9.17) is 0 Å². The summed E-state index contributed by atoms with van der Waals surface area (Å²) in [5.41, 5.74) is 0. The molecule has 0 atom stereocenters. The lowest BCUT2D eigenvalue weighted by molar-refractivity contribution is -0.701. The molecular formula is C12H15F9N3+. The Bertz CT molecular complexity index is 536. The molecule has 0 saturated heterocycles. The molecule has 0 saturated carbocycles. The van der Waals surface area contributed by atoms with E-state index in [2.05, 4.69) is 5.10 Å². The summed E-state index contributed by atoms with van der Waals surface area (Å²) in [5, 5.41) is 3.72. The minimum absolute atomic E-state index is 0.419. The van der Waals surface area contributed by atoms with Crippen LogP contribution in [0.1, 0.15) is 26.2 Å². The summed E-state index contributed by atoms with van der Waals surface area (Å²) in [6, 6.07) is 0. The van der Waals surface area contributed by atoms with Crippen LogP contribution in [0.15, 0.2) is 12.7 Å². The van der Waals surface area contributed by atoms with Gasteiger partial charge in [-0.3, -0.25) is 0 Å². The van der Waals surface area contributed by atoms with Gasteiger partial charge in [-0.05, 0) is 6.42 Å². The van der Waals surface area contributed by atoms with Gasteiger partial charge in [0.15, 0.2) is 0 Å². The summed E-state index contributed by atoms with van der Waals surface area (Å²) in [5.74, 6) is -19.0.